The summed E-state index contributed by atoms with van der Waals surface area (Å²) in [6.45, 7) is 5.35. The Hall–Kier alpha value is -2.58. The van der Waals surface area contributed by atoms with E-state index in [1.807, 2.05) is 21.1 Å². The van der Waals surface area contributed by atoms with Crippen LogP contribution in [0, 0.1) is 0 Å². The zero-order valence-corrected chi connectivity index (χ0v) is 41.9. The fourth-order valence-electron chi connectivity index (χ4n) is 6.36. The average Bonchev–Trinajstić information content (AvgIpc) is 3.24. The van der Waals surface area contributed by atoms with Crippen LogP contribution >= 0.6 is 7.82 Å². The minimum atomic E-state index is -4.29. The predicted molar refractivity (Wildman–Crippen MR) is 270 cm³/mol. The summed E-state index contributed by atoms with van der Waals surface area (Å²) in [5.74, 6) is -0.331. The third-order valence-electron chi connectivity index (χ3n) is 10.1. The number of phosphoric acid groups is 1. The molecule has 0 amide bonds. The van der Waals surface area contributed by atoms with Crippen LogP contribution in [0.5, 0.6) is 0 Å². The molecule has 1 N–H and O–H groups in total. The topological polar surface area (TPSA) is 91.3 Å². The van der Waals surface area contributed by atoms with Gasteiger partial charge in [0, 0.05) is 13.0 Å². The van der Waals surface area contributed by atoms with Gasteiger partial charge < -0.3 is 18.9 Å². The number of hydrogen-bond donors (Lipinski definition) is 1. The Bertz CT molecular complexity index is 1320. The van der Waals surface area contributed by atoms with Gasteiger partial charge in [-0.25, -0.2) is 4.57 Å². The lowest BCUT2D eigenvalue weighted by atomic mass is 10.1. The molecule has 362 valence electrons. The van der Waals surface area contributed by atoms with Gasteiger partial charge in [0.2, 0.25) is 0 Å². The first-order valence-electron chi connectivity index (χ1n) is 25.0. The molecule has 0 saturated carbocycles. The van der Waals surface area contributed by atoms with E-state index < -0.39 is 13.9 Å². The van der Waals surface area contributed by atoms with Crippen molar-refractivity contribution < 1.29 is 37.3 Å². The maximum Gasteiger partial charge on any atom is 0.472 e. The van der Waals surface area contributed by atoms with Crippen LogP contribution < -0.4 is 0 Å². The number of quaternary nitrogens is 1. The lowest BCUT2D eigenvalue weighted by Gasteiger charge is -2.24. The summed E-state index contributed by atoms with van der Waals surface area (Å²) in [4.78, 5) is 23.0. The minimum Gasteiger partial charge on any atom is -0.457 e. The summed E-state index contributed by atoms with van der Waals surface area (Å²) in [6.07, 6.45) is 63.1. The second kappa shape index (κ2) is 46.0. The first-order chi connectivity index (χ1) is 30.6. The number of phosphoric ester groups is 1. The Morgan fingerprint density at radius 2 is 0.873 bits per heavy atom. The molecular weight excluding hydrogens is 806 g/mol. The van der Waals surface area contributed by atoms with Gasteiger partial charge in [0.15, 0.2) is 0 Å². The Morgan fingerprint density at radius 3 is 1.30 bits per heavy atom. The molecule has 0 spiro atoms. The van der Waals surface area contributed by atoms with E-state index in [9.17, 15) is 14.3 Å². The largest absolute Gasteiger partial charge is 0.472 e. The molecular formula is C54H95NO7P+. The van der Waals surface area contributed by atoms with E-state index in [2.05, 4.69) is 111 Å². The molecule has 8 nitrogen and oxygen atoms in total. The van der Waals surface area contributed by atoms with E-state index >= 15 is 0 Å². The van der Waals surface area contributed by atoms with Crippen LogP contribution in [0.4, 0.5) is 0 Å². The minimum absolute atomic E-state index is 0.0792. The first kappa shape index (κ1) is 60.4. The van der Waals surface area contributed by atoms with Crippen molar-refractivity contribution in [3.63, 3.8) is 0 Å². The van der Waals surface area contributed by atoms with Gasteiger partial charge in [-0.3, -0.25) is 13.8 Å². The highest BCUT2D eigenvalue weighted by atomic mass is 31.2. The van der Waals surface area contributed by atoms with Crippen molar-refractivity contribution >= 4 is 13.8 Å². The predicted octanol–water partition coefficient (Wildman–Crippen LogP) is 15.4. The van der Waals surface area contributed by atoms with Crippen molar-refractivity contribution in [3.8, 4) is 0 Å². The number of allylic oxidation sites excluding steroid dienone is 16. The van der Waals surface area contributed by atoms with E-state index in [1.54, 1.807) is 0 Å². The molecule has 2 unspecified atom stereocenters. The van der Waals surface area contributed by atoms with Gasteiger partial charge in [-0.2, -0.15) is 0 Å². The zero-order valence-electron chi connectivity index (χ0n) is 41.0. The smallest absolute Gasteiger partial charge is 0.457 e. The average molecular weight is 901 g/mol. The van der Waals surface area contributed by atoms with Gasteiger partial charge in [0.25, 0.3) is 0 Å². The molecule has 0 saturated heterocycles. The summed E-state index contributed by atoms with van der Waals surface area (Å²) in [5, 5.41) is 0. The van der Waals surface area contributed by atoms with Crippen molar-refractivity contribution in [2.45, 2.75) is 187 Å². The van der Waals surface area contributed by atoms with Crippen LogP contribution in [0.2, 0.25) is 0 Å². The normalized spacial score (nSPS) is 14.4. The van der Waals surface area contributed by atoms with Crippen LogP contribution in [0.25, 0.3) is 0 Å². The molecule has 0 aromatic heterocycles. The number of likely N-dealkylation sites (N-methyl/N-ethyl adjacent to an activating group) is 1. The van der Waals surface area contributed by atoms with Crippen molar-refractivity contribution in [2.75, 3.05) is 54.1 Å². The van der Waals surface area contributed by atoms with E-state index in [4.69, 9.17) is 18.5 Å². The van der Waals surface area contributed by atoms with Crippen molar-refractivity contribution in [1.29, 1.82) is 0 Å². The zero-order chi connectivity index (χ0) is 46.2. The van der Waals surface area contributed by atoms with Crippen molar-refractivity contribution in [1.82, 2.24) is 0 Å². The van der Waals surface area contributed by atoms with Gasteiger partial charge in [0.1, 0.15) is 19.3 Å². The summed E-state index contributed by atoms with van der Waals surface area (Å²) >= 11 is 0. The molecule has 9 heteroatoms. The SMILES string of the molecule is CC/C=C\C/C=C\C/C=C\C/C=C\C/C=C\CCCCCCCCCCOCC(COP(=O)(O)OCC[N+](C)(C)C)OC(=O)CCCCCCCCC/C=C\C/C=C\C/C=C\CC. The number of hydrogen-bond acceptors (Lipinski definition) is 6. The molecule has 63 heavy (non-hydrogen) atoms. The molecule has 0 fully saturated rings. The fourth-order valence-corrected chi connectivity index (χ4v) is 7.10. The van der Waals surface area contributed by atoms with Crippen molar-refractivity contribution in [2.24, 2.45) is 0 Å². The number of esters is 1. The van der Waals surface area contributed by atoms with Crippen LogP contribution in [0.1, 0.15) is 181 Å². The number of nitrogens with zero attached hydrogens (tertiary/aromatic N) is 1. The van der Waals surface area contributed by atoms with Crippen molar-refractivity contribution in [3.05, 3.63) is 97.2 Å². The Morgan fingerprint density at radius 1 is 0.492 bits per heavy atom. The molecule has 0 heterocycles. The van der Waals surface area contributed by atoms with E-state index in [0.717, 1.165) is 96.3 Å². The second-order valence-corrected chi connectivity index (χ2v) is 18.9. The van der Waals surface area contributed by atoms with Crippen LogP contribution in [-0.2, 0) is 27.9 Å². The van der Waals surface area contributed by atoms with Gasteiger partial charge in [-0.15, -0.1) is 0 Å². The number of carbonyl (C=O) groups is 1. The van der Waals surface area contributed by atoms with Gasteiger partial charge in [-0.05, 0) is 89.9 Å². The Kier molecular flexibility index (Phi) is 44.1. The maximum atomic E-state index is 12.7. The number of carbonyl (C=O) groups excluding carboxylic acids is 1. The molecule has 0 aliphatic carbocycles. The molecule has 0 bridgehead atoms. The molecule has 0 rings (SSSR count). The highest BCUT2D eigenvalue weighted by Gasteiger charge is 2.26. The highest BCUT2D eigenvalue weighted by molar-refractivity contribution is 7.47. The lowest BCUT2D eigenvalue weighted by molar-refractivity contribution is -0.870. The maximum absolute atomic E-state index is 12.7. The first-order valence-corrected chi connectivity index (χ1v) is 26.5. The molecule has 0 radical (unpaired) electrons. The summed E-state index contributed by atoms with van der Waals surface area (Å²) in [7, 11) is 1.64. The lowest BCUT2D eigenvalue weighted by Crippen LogP contribution is -2.37. The fraction of sp³-hybridized carbons (Fsp3) is 0.685. The Balaban J connectivity index is 4.20. The van der Waals surface area contributed by atoms with E-state index in [0.29, 0.717) is 24.1 Å². The van der Waals surface area contributed by atoms with Gasteiger partial charge in [0.05, 0.1) is 34.4 Å². The molecule has 0 aromatic rings. The van der Waals surface area contributed by atoms with Gasteiger partial charge >= 0.3 is 13.8 Å². The van der Waals surface area contributed by atoms with Gasteiger partial charge in [-0.1, -0.05) is 182 Å². The quantitative estimate of drug-likeness (QED) is 0.0214. The standard InChI is InChI=1S/C54H94NO7P/c1-6-8-10-12-14-16-18-20-22-24-25-26-27-28-29-30-32-34-36-38-40-42-44-46-49-59-51-53(52-61-63(57,58)60-50-48-55(3,4)5)62-54(56)47-45-43-41-39-37-35-33-31-23-21-19-17-15-13-11-9-7-2/h8-11,14-17,20-23,25-26,28-29,53H,6-7,12-13,18-19,24,27,30-52H2,1-5H3/p+1/b10-8-,11-9-,16-14-,17-15-,22-20-,23-21-,26-25-,29-28-. The van der Waals surface area contributed by atoms with E-state index in [1.165, 1.54) is 64.2 Å². The highest BCUT2D eigenvalue weighted by Crippen LogP contribution is 2.43. The summed E-state index contributed by atoms with van der Waals surface area (Å²) in [6, 6.07) is 0. The van der Waals surface area contributed by atoms with E-state index in [-0.39, 0.29) is 25.8 Å². The number of rotatable bonds is 45. The Labute approximate surface area is 387 Å². The monoisotopic (exact) mass is 901 g/mol. The summed E-state index contributed by atoms with van der Waals surface area (Å²) in [5.41, 5.74) is 0. The van der Waals surface area contributed by atoms with Crippen LogP contribution in [0.3, 0.4) is 0 Å². The molecule has 0 aliphatic rings. The third-order valence-corrected chi connectivity index (χ3v) is 11.1. The number of unbranched alkanes of at least 4 members (excludes halogenated alkanes) is 15. The summed E-state index contributed by atoms with van der Waals surface area (Å²) < 4.78 is 35.1. The molecule has 0 aromatic carbocycles. The molecule has 2 atom stereocenters. The second-order valence-electron chi connectivity index (χ2n) is 17.4. The third kappa shape index (κ3) is 50.3. The number of ether oxygens (including phenoxy) is 2. The van der Waals surface area contributed by atoms with Crippen LogP contribution in [0.15, 0.2) is 97.2 Å². The van der Waals surface area contributed by atoms with Crippen LogP contribution in [-0.4, -0.2) is 75.6 Å². The molecule has 0 aliphatic heterocycles.